The highest BCUT2D eigenvalue weighted by Gasteiger charge is 2.32. The lowest BCUT2D eigenvalue weighted by Gasteiger charge is -2.11. The highest BCUT2D eigenvalue weighted by molar-refractivity contribution is 6.01. The lowest BCUT2D eigenvalue weighted by atomic mass is 9.98. The monoisotopic (exact) mass is 338 g/mol. The van der Waals surface area contributed by atoms with E-state index in [1.165, 1.54) is 18.3 Å². The minimum Gasteiger partial charge on any atom is -0.403 e. The molecular weight excluding hydrogens is 328 g/mol. The first-order chi connectivity index (χ1) is 11.3. The number of aliphatic imine (C=N–C) groups is 1. The first-order valence-electron chi connectivity index (χ1n) is 6.91. The Morgan fingerprint density at radius 2 is 2.04 bits per heavy atom. The van der Waals surface area contributed by atoms with Crippen LogP contribution in [0.5, 0.6) is 5.75 Å². The topological polar surface area (TPSA) is 51.5 Å². The second-order valence-electron chi connectivity index (χ2n) is 5.09. The highest BCUT2D eigenvalue weighted by Crippen LogP contribution is 2.28. The van der Waals surface area contributed by atoms with Crippen molar-refractivity contribution in [3.05, 3.63) is 53.0 Å². The average molecular weight is 338 g/mol. The van der Waals surface area contributed by atoms with E-state index in [4.69, 9.17) is 0 Å². The molecule has 0 saturated carbocycles. The number of fused-ring (bicyclic) bond motifs is 1. The third-order valence-electron chi connectivity index (χ3n) is 3.43. The predicted octanol–water partition coefficient (Wildman–Crippen LogP) is 3.80. The Morgan fingerprint density at radius 1 is 1.25 bits per heavy atom. The van der Waals surface area contributed by atoms with Crippen LogP contribution in [0.3, 0.4) is 0 Å². The van der Waals surface area contributed by atoms with Gasteiger partial charge in [-0.25, -0.2) is 14.4 Å². The van der Waals surface area contributed by atoms with Gasteiger partial charge in [0, 0.05) is 36.4 Å². The molecule has 0 aliphatic carbocycles. The van der Waals surface area contributed by atoms with E-state index in [-0.39, 0.29) is 17.8 Å². The Bertz CT molecular complexity index is 831. The van der Waals surface area contributed by atoms with Crippen LogP contribution < -0.4 is 4.74 Å². The molecule has 1 aromatic heterocycles. The Labute approximate surface area is 133 Å². The summed E-state index contributed by atoms with van der Waals surface area (Å²) >= 11 is 0. The number of rotatable bonds is 4. The molecule has 3 rings (SSSR count). The van der Waals surface area contributed by atoms with Gasteiger partial charge in [0.2, 0.25) is 0 Å². The maximum atomic E-state index is 13.4. The van der Waals surface area contributed by atoms with E-state index < -0.39 is 17.9 Å². The molecule has 124 valence electrons. The molecule has 0 saturated heterocycles. The molecule has 0 amide bonds. The fraction of sp³-hybridized carbons (Fsp3) is 0.188. The molecule has 0 spiro atoms. The number of aromatic nitrogens is 1. The summed E-state index contributed by atoms with van der Waals surface area (Å²) in [5.74, 6) is -1.97. The number of carbonyl (C=O) groups excluding carboxylic acids is 1. The Hall–Kier alpha value is -2.77. The van der Waals surface area contributed by atoms with Crippen molar-refractivity contribution >= 4 is 17.8 Å². The van der Waals surface area contributed by atoms with Crippen LogP contribution in [0.25, 0.3) is 0 Å². The summed E-state index contributed by atoms with van der Waals surface area (Å²) in [5.41, 5.74) is 1.29. The van der Waals surface area contributed by atoms with Crippen molar-refractivity contribution in [2.75, 3.05) is 0 Å². The minimum atomic E-state index is -5.01. The Morgan fingerprint density at radius 3 is 2.79 bits per heavy atom. The van der Waals surface area contributed by atoms with Gasteiger partial charge in [0.15, 0.2) is 23.2 Å². The molecule has 24 heavy (non-hydrogen) atoms. The summed E-state index contributed by atoms with van der Waals surface area (Å²) in [7, 11) is 0. The van der Waals surface area contributed by atoms with Gasteiger partial charge in [-0.2, -0.15) is 0 Å². The fourth-order valence-electron chi connectivity index (χ4n) is 2.42. The molecule has 1 aliphatic heterocycles. The molecule has 0 fully saturated rings. The summed E-state index contributed by atoms with van der Waals surface area (Å²) < 4.78 is 53.8. The van der Waals surface area contributed by atoms with Crippen LogP contribution in [0.15, 0.2) is 35.5 Å². The van der Waals surface area contributed by atoms with Crippen LogP contribution in [0.2, 0.25) is 0 Å². The van der Waals surface area contributed by atoms with Crippen molar-refractivity contribution in [1.82, 2.24) is 4.98 Å². The second kappa shape index (κ2) is 6.03. The van der Waals surface area contributed by atoms with Gasteiger partial charge >= 0.3 is 6.36 Å². The van der Waals surface area contributed by atoms with Crippen molar-refractivity contribution in [2.24, 2.45) is 4.99 Å². The number of hydrogen-bond acceptors (Lipinski definition) is 4. The van der Waals surface area contributed by atoms with Crippen molar-refractivity contribution in [3.63, 3.8) is 0 Å². The largest absolute Gasteiger partial charge is 0.573 e. The van der Waals surface area contributed by atoms with Crippen molar-refractivity contribution in [2.45, 2.75) is 19.2 Å². The van der Waals surface area contributed by atoms with Crippen LogP contribution in [0, 0.1) is 5.82 Å². The first kappa shape index (κ1) is 16.1. The van der Waals surface area contributed by atoms with E-state index in [1.807, 2.05) is 0 Å². The molecule has 2 aromatic rings. The summed E-state index contributed by atoms with van der Waals surface area (Å²) in [6, 6.07) is 4.49. The molecule has 2 heterocycles. The normalized spacial score (nSPS) is 13.0. The van der Waals surface area contributed by atoms with Gasteiger partial charge in [0.05, 0.1) is 0 Å². The molecule has 0 bridgehead atoms. The van der Waals surface area contributed by atoms with Gasteiger partial charge in [0.25, 0.3) is 0 Å². The van der Waals surface area contributed by atoms with E-state index in [2.05, 4.69) is 14.7 Å². The van der Waals surface area contributed by atoms with Crippen LogP contribution >= 0.6 is 0 Å². The van der Waals surface area contributed by atoms with Crippen LogP contribution in [-0.2, 0) is 12.8 Å². The lowest BCUT2D eigenvalue weighted by Crippen LogP contribution is -2.18. The number of ether oxygens (including phenoxy) is 1. The van der Waals surface area contributed by atoms with Crippen molar-refractivity contribution in [1.29, 1.82) is 0 Å². The third kappa shape index (κ3) is 3.42. The molecule has 1 aromatic carbocycles. The van der Waals surface area contributed by atoms with E-state index >= 15 is 0 Å². The van der Waals surface area contributed by atoms with Crippen LogP contribution in [-0.4, -0.2) is 23.3 Å². The maximum Gasteiger partial charge on any atom is 0.573 e. The number of nitrogens with zero attached hydrogens (tertiary/aromatic N) is 2. The summed E-state index contributed by atoms with van der Waals surface area (Å²) in [6.07, 6.45) is -1.66. The van der Waals surface area contributed by atoms with Crippen molar-refractivity contribution in [3.8, 4) is 5.75 Å². The average Bonchev–Trinajstić information content (AvgIpc) is 2.97. The van der Waals surface area contributed by atoms with Gasteiger partial charge < -0.3 is 4.74 Å². The number of Topliss-reactive ketones (excluding diaryl/α,β-unsaturated/α-hetero) is 1. The lowest BCUT2D eigenvalue weighted by molar-refractivity contribution is -0.275. The molecule has 1 aliphatic rings. The minimum absolute atomic E-state index is 0.190. The molecular formula is C16H10F4N2O2. The number of ketones is 1. The van der Waals surface area contributed by atoms with Crippen LogP contribution in [0.1, 0.15) is 21.5 Å². The molecule has 4 nitrogen and oxygen atoms in total. The zero-order valence-corrected chi connectivity index (χ0v) is 12.1. The number of alkyl halides is 3. The number of pyridine rings is 1. The van der Waals surface area contributed by atoms with E-state index in [0.29, 0.717) is 23.4 Å². The van der Waals surface area contributed by atoms with Crippen LogP contribution in [0.4, 0.5) is 23.4 Å². The first-order valence-corrected chi connectivity index (χ1v) is 6.91. The predicted molar refractivity (Wildman–Crippen MR) is 77.2 cm³/mol. The SMILES string of the molecule is O=C(Cc1ccc(F)c(OC(F)(F)F)c1)c1ccnc2c1CC=N2. The van der Waals surface area contributed by atoms with Gasteiger partial charge in [-0.15, -0.1) is 13.2 Å². The summed E-state index contributed by atoms with van der Waals surface area (Å²) in [5, 5.41) is 0. The number of hydrogen-bond donors (Lipinski definition) is 0. The maximum absolute atomic E-state index is 13.4. The number of benzene rings is 1. The van der Waals surface area contributed by atoms with Gasteiger partial charge in [-0.1, -0.05) is 6.07 Å². The summed E-state index contributed by atoms with van der Waals surface area (Å²) in [6.45, 7) is 0. The highest BCUT2D eigenvalue weighted by atomic mass is 19.4. The van der Waals surface area contributed by atoms with E-state index in [0.717, 1.165) is 12.1 Å². The van der Waals surface area contributed by atoms with Gasteiger partial charge in [-0.05, 0) is 23.8 Å². The van der Waals surface area contributed by atoms with Crippen molar-refractivity contribution < 1.29 is 27.1 Å². The molecule has 8 heteroatoms. The standard InChI is InChI=1S/C16H10F4N2O2/c17-12-2-1-9(8-14(12)24-16(18,19)20)7-13(23)10-3-5-21-15-11(10)4-6-22-15/h1-3,5-6,8H,4,7H2. The smallest absolute Gasteiger partial charge is 0.403 e. The van der Waals surface area contributed by atoms with E-state index in [9.17, 15) is 22.4 Å². The quantitative estimate of drug-likeness (QED) is 0.629. The third-order valence-corrected chi connectivity index (χ3v) is 3.43. The Kier molecular flexibility index (Phi) is 4.04. The molecule has 0 radical (unpaired) electrons. The molecule has 0 atom stereocenters. The molecule has 0 N–H and O–H groups in total. The van der Waals surface area contributed by atoms with Gasteiger partial charge in [-0.3, -0.25) is 4.79 Å². The molecule has 0 unspecified atom stereocenters. The fourth-order valence-corrected chi connectivity index (χ4v) is 2.42. The van der Waals surface area contributed by atoms with Gasteiger partial charge in [0.1, 0.15) is 0 Å². The Balaban J connectivity index is 1.83. The van der Waals surface area contributed by atoms with E-state index in [1.54, 1.807) is 6.21 Å². The second-order valence-corrected chi connectivity index (χ2v) is 5.09. The number of carbonyl (C=O) groups is 1. The summed E-state index contributed by atoms with van der Waals surface area (Å²) in [4.78, 5) is 20.5. The zero-order chi connectivity index (χ0) is 17.3. The number of halogens is 4. The zero-order valence-electron chi connectivity index (χ0n) is 12.1.